The van der Waals surface area contributed by atoms with Crippen LogP contribution >= 0.6 is 22.9 Å². The van der Waals surface area contributed by atoms with Crippen molar-refractivity contribution in [1.29, 1.82) is 0 Å². The lowest BCUT2D eigenvalue weighted by molar-refractivity contribution is 0.628. The maximum absolute atomic E-state index is 13.3. The molecule has 2 aromatic rings. The normalized spacial score (nSPS) is 12.4. The minimum atomic E-state index is -0.358. The van der Waals surface area contributed by atoms with Crippen molar-refractivity contribution in [3.05, 3.63) is 50.9 Å². The number of anilines is 1. The molecule has 1 atom stereocenters. The van der Waals surface area contributed by atoms with Gasteiger partial charge in [0.05, 0.1) is 6.04 Å². The van der Waals surface area contributed by atoms with Gasteiger partial charge >= 0.3 is 0 Å². The van der Waals surface area contributed by atoms with E-state index in [2.05, 4.69) is 5.32 Å². The van der Waals surface area contributed by atoms with Gasteiger partial charge in [-0.25, -0.2) is 4.39 Å². The van der Waals surface area contributed by atoms with Gasteiger partial charge in [0.2, 0.25) is 0 Å². The highest BCUT2D eigenvalue weighted by Gasteiger charge is 2.14. The molecule has 0 spiro atoms. The first kappa shape index (κ1) is 13.3. The molecule has 0 bridgehead atoms. The van der Waals surface area contributed by atoms with Gasteiger partial charge in [-0.2, -0.15) is 0 Å². The zero-order valence-electron chi connectivity index (χ0n) is 9.91. The van der Waals surface area contributed by atoms with Gasteiger partial charge in [0, 0.05) is 22.1 Å². The minimum absolute atomic E-state index is 0.0251. The Bertz CT molecular complexity index is 521. The highest BCUT2D eigenvalue weighted by atomic mass is 35.5. The van der Waals surface area contributed by atoms with Crippen molar-refractivity contribution < 1.29 is 4.39 Å². The summed E-state index contributed by atoms with van der Waals surface area (Å²) in [6, 6.07) is 6.40. The second-order valence-electron chi connectivity index (χ2n) is 4.06. The van der Waals surface area contributed by atoms with Crippen LogP contribution in [0.2, 0.25) is 5.02 Å². The number of hydrogen-bond donors (Lipinski definition) is 2. The molecule has 0 fully saturated rings. The van der Waals surface area contributed by atoms with Crippen molar-refractivity contribution in [2.45, 2.75) is 13.0 Å². The quantitative estimate of drug-likeness (QED) is 0.892. The average Bonchev–Trinajstić information content (AvgIpc) is 2.71. The van der Waals surface area contributed by atoms with Crippen LogP contribution in [0.3, 0.4) is 0 Å². The Balaban J connectivity index is 2.23. The van der Waals surface area contributed by atoms with Crippen molar-refractivity contribution in [2.75, 3.05) is 11.9 Å². The Morgan fingerprint density at radius 2 is 2.22 bits per heavy atom. The van der Waals surface area contributed by atoms with E-state index in [0.29, 0.717) is 17.3 Å². The molecule has 0 saturated heterocycles. The molecule has 96 valence electrons. The molecule has 0 aliphatic heterocycles. The molecule has 1 aromatic heterocycles. The number of rotatable bonds is 4. The fraction of sp³-hybridized carbons (Fsp3) is 0.231. The van der Waals surface area contributed by atoms with E-state index in [1.807, 2.05) is 18.4 Å². The van der Waals surface area contributed by atoms with Gasteiger partial charge in [-0.05, 0) is 42.1 Å². The number of nitrogens with one attached hydrogen (secondary N) is 1. The topological polar surface area (TPSA) is 38.0 Å². The monoisotopic (exact) mass is 284 g/mol. The van der Waals surface area contributed by atoms with E-state index in [0.717, 1.165) is 4.88 Å². The Morgan fingerprint density at radius 3 is 2.78 bits per heavy atom. The fourth-order valence-electron chi connectivity index (χ4n) is 1.81. The van der Waals surface area contributed by atoms with Crippen molar-refractivity contribution >= 4 is 28.6 Å². The van der Waals surface area contributed by atoms with E-state index in [-0.39, 0.29) is 11.9 Å². The van der Waals surface area contributed by atoms with Crippen molar-refractivity contribution in [1.82, 2.24) is 0 Å². The number of nitrogens with two attached hydrogens (primary N) is 1. The molecular weight excluding hydrogens is 271 g/mol. The van der Waals surface area contributed by atoms with Crippen LogP contribution in [-0.2, 0) is 0 Å². The van der Waals surface area contributed by atoms with Gasteiger partial charge in [0.25, 0.3) is 0 Å². The van der Waals surface area contributed by atoms with Crippen LogP contribution in [-0.4, -0.2) is 6.54 Å². The number of thiophene rings is 1. The van der Waals surface area contributed by atoms with E-state index in [9.17, 15) is 4.39 Å². The summed E-state index contributed by atoms with van der Waals surface area (Å²) in [7, 11) is 0. The van der Waals surface area contributed by atoms with Gasteiger partial charge in [-0.1, -0.05) is 11.6 Å². The highest BCUT2D eigenvalue weighted by molar-refractivity contribution is 7.10. The first-order valence-electron chi connectivity index (χ1n) is 5.57. The van der Waals surface area contributed by atoms with Crippen LogP contribution < -0.4 is 11.1 Å². The van der Waals surface area contributed by atoms with E-state index < -0.39 is 0 Å². The van der Waals surface area contributed by atoms with Gasteiger partial charge in [0.15, 0.2) is 0 Å². The average molecular weight is 285 g/mol. The number of hydrogen-bond acceptors (Lipinski definition) is 3. The molecular formula is C13H14ClFN2S. The zero-order valence-corrected chi connectivity index (χ0v) is 11.5. The van der Waals surface area contributed by atoms with Crippen LogP contribution in [0, 0.1) is 12.7 Å². The predicted molar refractivity (Wildman–Crippen MR) is 75.9 cm³/mol. The van der Waals surface area contributed by atoms with Crippen molar-refractivity contribution in [2.24, 2.45) is 5.73 Å². The lowest BCUT2D eigenvalue weighted by Crippen LogP contribution is -2.20. The summed E-state index contributed by atoms with van der Waals surface area (Å²) in [4.78, 5) is 1.16. The van der Waals surface area contributed by atoms with E-state index >= 15 is 0 Å². The summed E-state index contributed by atoms with van der Waals surface area (Å²) in [6.07, 6.45) is 0. The maximum Gasteiger partial charge on any atom is 0.126 e. The van der Waals surface area contributed by atoms with Crippen LogP contribution in [0.1, 0.15) is 16.5 Å². The second-order valence-corrected chi connectivity index (χ2v) is 5.44. The Hall–Kier alpha value is -1.10. The van der Waals surface area contributed by atoms with Gasteiger partial charge in [0.1, 0.15) is 5.82 Å². The second kappa shape index (κ2) is 5.69. The minimum Gasteiger partial charge on any atom is -0.376 e. The van der Waals surface area contributed by atoms with Crippen LogP contribution in [0.25, 0.3) is 0 Å². The molecule has 2 rings (SSSR count). The largest absolute Gasteiger partial charge is 0.376 e. The van der Waals surface area contributed by atoms with Crippen LogP contribution in [0.5, 0.6) is 0 Å². The van der Waals surface area contributed by atoms with Crippen LogP contribution in [0.4, 0.5) is 10.1 Å². The Morgan fingerprint density at radius 1 is 1.44 bits per heavy atom. The molecule has 0 radical (unpaired) electrons. The summed E-state index contributed by atoms with van der Waals surface area (Å²) in [5, 5.41) is 5.61. The third kappa shape index (κ3) is 3.02. The summed E-state index contributed by atoms with van der Waals surface area (Å²) >= 11 is 7.46. The van der Waals surface area contributed by atoms with Crippen molar-refractivity contribution in [3.63, 3.8) is 0 Å². The number of aryl methyl sites for hydroxylation is 1. The molecule has 0 aliphatic carbocycles. The SMILES string of the molecule is Cc1ccsc1C(CN)Nc1cc(F)cc(Cl)c1. The number of halogens is 2. The summed E-state index contributed by atoms with van der Waals surface area (Å²) < 4.78 is 13.3. The predicted octanol–water partition coefficient (Wildman–Crippen LogP) is 3.96. The molecule has 0 aliphatic rings. The summed E-state index contributed by atoms with van der Waals surface area (Å²) in [5.74, 6) is -0.358. The third-order valence-corrected chi connectivity index (χ3v) is 4.01. The molecule has 1 aromatic carbocycles. The maximum atomic E-state index is 13.3. The molecule has 2 nitrogen and oxygen atoms in total. The lowest BCUT2D eigenvalue weighted by atomic mass is 10.1. The molecule has 0 amide bonds. The van der Waals surface area contributed by atoms with E-state index in [4.69, 9.17) is 17.3 Å². The zero-order chi connectivity index (χ0) is 13.1. The Kier molecular flexibility index (Phi) is 4.22. The Labute approximate surface area is 115 Å². The van der Waals surface area contributed by atoms with Crippen molar-refractivity contribution in [3.8, 4) is 0 Å². The van der Waals surface area contributed by atoms with Gasteiger partial charge in [-0.3, -0.25) is 0 Å². The summed E-state index contributed by atoms with van der Waals surface area (Å²) in [6.45, 7) is 2.48. The molecule has 18 heavy (non-hydrogen) atoms. The molecule has 1 unspecified atom stereocenters. The smallest absolute Gasteiger partial charge is 0.126 e. The first-order chi connectivity index (χ1) is 8.60. The summed E-state index contributed by atoms with van der Waals surface area (Å²) in [5.41, 5.74) is 7.60. The third-order valence-electron chi connectivity index (χ3n) is 2.66. The highest BCUT2D eigenvalue weighted by Crippen LogP contribution is 2.28. The van der Waals surface area contributed by atoms with Crippen LogP contribution in [0.15, 0.2) is 29.6 Å². The number of benzene rings is 1. The molecule has 0 saturated carbocycles. The van der Waals surface area contributed by atoms with E-state index in [1.54, 1.807) is 17.4 Å². The van der Waals surface area contributed by atoms with Gasteiger partial charge in [-0.15, -0.1) is 11.3 Å². The molecule has 5 heteroatoms. The fourth-order valence-corrected chi connectivity index (χ4v) is 3.03. The molecule has 3 N–H and O–H groups in total. The van der Waals surface area contributed by atoms with Gasteiger partial charge < -0.3 is 11.1 Å². The lowest BCUT2D eigenvalue weighted by Gasteiger charge is -2.18. The molecule has 1 heterocycles. The first-order valence-corrected chi connectivity index (χ1v) is 6.82. The standard InChI is InChI=1S/C13H14ClFN2S/c1-8-2-3-18-13(8)12(7-16)17-11-5-9(14)4-10(15)6-11/h2-6,12,17H,7,16H2,1H3. The van der Waals surface area contributed by atoms with E-state index in [1.165, 1.54) is 17.7 Å².